The fraction of sp³-hybridized carbons (Fsp3) is 0.650. The lowest BCUT2D eigenvalue weighted by molar-refractivity contribution is -0.139. The summed E-state index contributed by atoms with van der Waals surface area (Å²) in [5.74, 6) is 0.873. The number of rotatable bonds is 5. The first-order chi connectivity index (χ1) is 20.7. The van der Waals surface area contributed by atoms with Crippen molar-refractivity contribution < 1.29 is 19.1 Å². The Morgan fingerprint density at radius 1 is 0.636 bits per heavy atom. The molecule has 0 aromatic carbocycles. The Morgan fingerprint density at radius 2 is 1.02 bits per heavy atom. The third kappa shape index (κ3) is 5.03. The second-order valence-corrected chi connectivity index (χ2v) is 16.8. The minimum absolute atomic E-state index is 0.140. The van der Waals surface area contributed by atoms with E-state index in [1.165, 1.54) is 62.5 Å². The van der Waals surface area contributed by atoms with Crippen LogP contribution in [0.2, 0.25) is 0 Å². The molecular weight excluding hydrogens is 544 g/mol. The fourth-order valence-corrected chi connectivity index (χ4v) is 11.2. The number of carbonyl (C=O) groups excluding carboxylic acids is 2. The maximum Gasteiger partial charge on any atom is 0.339 e. The third-order valence-corrected chi connectivity index (χ3v) is 13.4. The van der Waals surface area contributed by atoms with Gasteiger partial charge >= 0.3 is 11.9 Å². The SMILES string of the molecule is C=C1CC[C@@H]2C(C)(C)CCC[C@@]2(C)[C@@H]1C=CC1=C(C2=C(C=C[C@@H]3C(=C)CC[C@@H]4C(C)(C)CCC[C@@]34C)COC2=O)C(=O)OC1. The Labute approximate surface area is 265 Å². The molecule has 0 aromatic rings. The van der Waals surface area contributed by atoms with Crippen molar-refractivity contribution >= 4 is 11.9 Å². The molecule has 4 aliphatic carbocycles. The van der Waals surface area contributed by atoms with E-state index >= 15 is 0 Å². The maximum atomic E-state index is 13.2. The molecule has 0 unspecified atom stereocenters. The molecule has 4 heteroatoms. The smallest absolute Gasteiger partial charge is 0.339 e. The highest BCUT2D eigenvalue weighted by molar-refractivity contribution is 6.11. The van der Waals surface area contributed by atoms with Gasteiger partial charge in [0.1, 0.15) is 13.2 Å². The van der Waals surface area contributed by atoms with E-state index in [0.29, 0.717) is 33.8 Å². The largest absolute Gasteiger partial charge is 0.457 e. The number of carbonyl (C=O) groups is 2. The Hall–Kier alpha value is -2.62. The second-order valence-electron chi connectivity index (χ2n) is 16.8. The minimum Gasteiger partial charge on any atom is -0.457 e. The number of esters is 2. The second kappa shape index (κ2) is 11.0. The molecule has 4 nitrogen and oxygen atoms in total. The predicted octanol–water partition coefficient (Wildman–Crippen LogP) is 9.40. The van der Waals surface area contributed by atoms with Gasteiger partial charge in [-0.3, -0.25) is 0 Å². The van der Waals surface area contributed by atoms with Crippen LogP contribution in [0.25, 0.3) is 0 Å². The summed E-state index contributed by atoms with van der Waals surface area (Å²) in [6, 6.07) is 0. The molecule has 6 aliphatic rings. The van der Waals surface area contributed by atoms with Crippen molar-refractivity contribution in [2.45, 2.75) is 106 Å². The fourth-order valence-electron chi connectivity index (χ4n) is 11.2. The van der Waals surface area contributed by atoms with Gasteiger partial charge < -0.3 is 9.47 Å². The highest BCUT2D eigenvalue weighted by Crippen LogP contribution is 2.62. The van der Waals surface area contributed by atoms with Crippen molar-refractivity contribution in [3.05, 3.63) is 70.9 Å². The molecule has 0 spiro atoms. The van der Waals surface area contributed by atoms with Crippen molar-refractivity contribution in [2.75, 3.05) is 13.2 Å². The molecule has 6 rings (SSSR count). The molecule has 0 radical (unpaired) electrons. The van der Waals surface area contributed by atoms with Gasteiger partial charge in [0.15, 0.2) is 0 Å². The first-order valence-electron chi connectivity index (χ1n) is 17.2. The zero-order valence-corrected chi connectivity index (χ0v) is 28.2. The van der Waals surface area contributed by atoms with E-state index in [1.807, 2.05) is 0 Å². The van der Waals surface area contributed by atoms with Crippen molar-refractivity contribution in [1.29, 1.82) is 0 Å². The minimum atomic E-state index is -0.433. The van der Waals surface area contributed by atoms with Crippen molar-refractivity contribution in [2.24, 2.45) is 45.3 Å². The molecule has 2 heterocycles. The van der Waals surface area contributed by atoms with Crippen LogP contribution in [-0.2, 0) is 19.1 Å². The van der Waals surface area contributed by atoms with Crippen LogP contribution in [0.15, 0.2) is 70.9 Å². The van der Waals surface area contributed by atoms with E-state index in [2.05, 4.69) is 79.0 Å². The van der Waals surface area contributed by atoms with Gasteiger partial charge in [0.2, 0.25) is 0 Å². The summed E-state index contributed by atoms with van der Waals surface area (Å²) in [7, 11) is 0. The number of hydrogen-bond donors (Lipinski definition) is 0. The first-order valence-corrected chi connectivity index (χ1v) is 17.2. The van der Waals surface area contributed by atoms with Crippen molar-refractivity contribution in [3.8, 4) is 0 Å². The zero-order valence-electron chi connectivity index (χ0n) is 28.2. The van der Waals surface area contributed by atoms with Crippen molar-refractivity contribution in [3.63, 3.8) is 0 Å². The van der Waals surface area contributed by atoms with E-state index < -0.39 is 11.9 Å². The van der Waals surface area contributed by atoms with E-state index in [0.717, 1.165) is 24.0 Å². The van der Waals surface area contributed by atoms with Crippen LogP contribution in [0.5, 0.6) is 0 Å². The lowest BCUT2D eigenvalue weighted by Crippen LogP contribution is -2.48. The molecule has 0 saturated heterocycles. The van der Waals surface area contributed by atoms with Crippen molar-refractivity contribution in [1.82, 2.24) is 0 Å². The van der Waals surface area contributed by atoms with E-state index in [-0.39, 0.29) is 35.9 Å². The van der Waals surface area contributed by atoms with Crippen LogP contribution in [0.1, 0.15) is 106 Å². The molecule has 44 heavy (non-hydrogen) atoms. The van der Waals surface area contributed by atoms with Gasteiger partial charge in [-0.1, -0.05) is 103 Å². The average molecular weight is 599 g/mol. The number of cyclic esters (lactones) is 2. The molecule has 0 aromatic heterocycles. The zero-order chi connectivity index (χ0) is 31.7. The van der Waals surface area contributed by atoms with Crippen LogP contribution in [0, 0.1) is 45.3 Å². The summed E-state index contributed by atoms with van der Waals surface area (Å²) >= 11 is 0. The summed E-state index contributed by atoms with van der Waals surface area (Å²) < 4.78 is 11.1. The van der Waals surface area contributed by atoms with E-state index in [4.69, 9.17) is 9.47 Å². The topological polar surface area (TPSA) is 52.6 Å². The van der Waals surface area contributed by atoms with Crippen LogP contribution >= 0.6 is 0 Å². The molecule has 6 atom stereocenters. The van der Waals surface area contributed by atoms with Crippen LogP contribution < -0.4 is 0 Å². The lowest BCUT2D eigenvalue weighted by Gasteiger charge is -2.57. The summed E-state index contributed by atoms with van der Waals surface area (Å²) in [5.41, 5.74) is 5.74. The molecule has 4 saturated carbocycles. The summed E-state index contributed by atoms with van der Waals surface area (Å²) in [6.07, 6.45) is 20.5. The molecule has 2 aliphatic heterocycles. The number of allylic oxidation sites excluding steroid dienone is 4. The Bertz CT molecular complexity index is 1290. The summed E-state index contributed by atoms with van der Waals surface area (Å²) in [5, 5.41) is 0. The van der Waals surface area contributed by atoms with Gasteiger partial charge in [0.05, 0.1) is 11.1 Å². The van der Waals surface area contributed by atoms with Gasteiger partial charge in [-0.15, -0.1) is 0 Å². The quantitative estimate of drug-likeness (QED) is 0.234. The van der Waals surface area contributed by atoms with Gasteiger partial charge in [0.25, 0.3) is 0 Å². The highest BCUT2D eigenvalue weighted by Gasteiger charge is 2.53. The average Bonchev–Trinajstić information content (AvgIpc) is 3.47. The monoisotopic (exact) mass is 598 g/mol. The number of hydrogen-bond acceptors (Lipinski definition) is 4. The number of fused-ring (bicyclic) bond motifs is 2. The molecule has 0 bridgehead atoms. The molecule has 0 N–H and O–H groups in total. The number of ether oxygens (including phenoxy) is 2. The Kier molecular flexibility index (Phi) is 7.86. The molecule has 238 valence electrons. The first kappa shape index (κ1) is 31.4. The van der Waals surface area contributed by atoms with Gasteiger partial charge in [-0.25, -0.2) is 9.59 Å². The van der Waals surface area contributed by atoms with Gasteiger partial charge in [-0.05, 0) is 84.9 Å². The van der Waals surface area contributed by atoms with Gasteiger partial charge in [0, 0.05) is 23.0 Å². The molecule has 0 amide bonds. The molecule has 4 fully saturated rings. The summed E-state index contributed by atoms with van der Waals surface area (Å²) in [6.45, 7) is 24.0. The van der Waals surface area contributed by atoms with Crippen LogP contribution in [-0.4, -0.2) is 25.2 Å². The predicted molar refractivity (Wildman–Crippen MR) is 176 cm³/mol. The highest BCUT2D eigenvalue weighted by atomic mass is 16.5. The van der Waals surface area contributed by atoms with E-state index in [1.54, 1.807) is 0 Å². The Balaban J connectivity index is 1.33. The van der Waals surface area contributed by atoms with Gasteiger partial charge in [-0.2, -0.15) is 0 Å². The lowest BCUT2D eigenvalue weighted by atomic mass is 9.47. The van der Waals surface area contributed by atoms with E-state index in [9.17, 15) is 9.59 Å². The normalized spacial score (nSPS) is 38.8. The maximum absolute atomic E-state index is 13.2. The standard InChI is InChI=1S/C40H54O4/c1-25-11-17-31-37(3,4)19-9-21-39(31,7)29(25)15-13-27-23-43-35(41)33(27)34-28(24-44-36(34)42)14-16-30-26(2)12-18-32-38(5,6)20-10-22-40(30,32)8/h13-16,29-32H,1-2,9-12,17-24H2,3-8H3/t29-,30-,31-,32-,39+,40+/m1/s1. The summed E-state index contributed by atoms with van der Waals surface area (Å²) in [4.78, 5) is 26.4. The van der Waals surface area contributed by atoms with Crippen LogP contribution in [0.4, 0.5) is 0 Å². The van der Waals surface area contributed by atoms with Crippen LogP contribution in [0.3, 0.4) is 0 Å². The third-order valence-electron chi connectivity index (χ3n) is 13.4. The molecular formula is C40H54O4. The Morgan fingerprint density at radius 3 is 1.41 bits per heavy atom.